The van der Waals surface area contributed by atoms with E-state index in [-0.39, 0.29) is 17.5 Å². The Morgan fingerprint density at radius 3 is 2.39 bits per heavy atom. The molecule has 1 aromatic heterocycles. The van der Waals surface area contributed by atoms with Gasteiger partial charge in [0.1, 0.15) is 16.8 Å². The van der Waals surface area contributed by atoms with Crippen LogP contribution in [0.5, 0.6) is 0 Å². The van der Waals surface area contributed by atoms with Crippen molar-refractivity contribution < 1.29 is 14.7 Å². The molecule has 1 heterocycles. The number of carboxylic acid groups (broad SMARTS) is 1. The molecule has 3 N–H and O–H groups in total. The van der Waals surface area contributed by atoms with Crippen LogP contribution in [0.4, 0.5) is 11.5 Å². The van der Waals surface area contributed by atoms with Gasteiger partial charge in [-0.2, -0.15) is 0 Å². The number of fused-ring (bicyclic) bond motifs is 1. The standard InChI is InChI=1S/C25H21ClN4O3/c1-27-24-20(14-22(31)32)23(26)29-21(30-24)12-15-6-10-19(11-7-15)28-25(33)18-9-8-16-4-2-3-5-17(16)13-18/h2-11,13H,12,14H2,1H3,(H,28,33)(H,31,32)(H,27,29,30). The quantitative estimate of drug-likeness (QED) is 0.342. The highest BCUT2D eigenvalue weighted by Gasteiger charge is 2.15. The lowest BCUT2D eigenvalue weighted by molar-refractivity contribution is -0.136. The van der Waals surface area contributed by atoms with E-state index in [4.69, 9.17) is 16.7 Å². The monoisotopic (exact) mass is 460 g/mol. The summed E-state index contributed by atoms with van der Waals surface area (Å²) in [5.74, 6) is -0.333. The van der Waals surface area contributed by atoms with E-state index >= 15 is 0 Å². The smallest absolute Gasteiger partial charge is 0.308 e. The van der Waals surface area contributed by atoms with E-state index < -0.39 is 5.97 Å². The van der Waals surface area contributed by atoms with Gasteiger partial charge < -0.3 is 15.7 Å². The molecule has 8 heteroatoms. The number of aromatic nitrogens is 2. The first-order chi connectivity index (χ1) is 15.9. The summed E-state index contributed by atoms with van der Waals surface area (Å²) in [6.07, 6.45) is 0.140. The minimum Gasteiger partial charge on any atom is -0.481 e. The van der Waals surface area contributed by atoms with Gasteiger partial charge in [0.05, 0.1) is 6.42 Å². The van der Waals surface area contributed by atoms with Gasteiger partial charge in [0, 0.05) is 30.3 Å². The highest BCUT2D eigenvalue weighted by Crippen LogP contribution is 2.23. The molecule has 33 heavy (non-hydrogen) atoms. The summed E-state index contributed by atoms with van der Waals surface area (Å²) in [4.78, 5) is 32.3. The van der Waals surface area contributed by atoms with Gasteiger partial charge >= 0.3 is 5.97 Å². The maximum absolute atomic E-state index is 12.7. The van der Waals surface area contributed by atoms with Gasteiger partial charge in [0.25, 0.3) is 5.91 Å². The minimum atomic E-state index is -1.01. The van der Waals surface area contributed by atoms with Crippen LogP contribution in [0, 0.1) is 0 Å². The number of aliphatic carboxylic acids is 1. The van der Waals surface area contributed by atoms with E-state index in [2.05, 4.69) is 20.6 Å². The zero-order valence-electron chi connectivity index (χ0n) is 17.8. The Morgan fingerprint density at radius 1 is 0.970 bits per heavy atom. The van der Waals surface area contributed by atoms with Gasteiger partial charge in [-0.15, -0.1) is 0 Å². The Morgan fingerprint density at radius 2 is 1.70 bits per heavy atom. The van der Waals surface area contributed by atoms with Gasteiger partial charge in [-0.05, 0) is 40.6 Å². The van der Waals surface area contributed by atoms with E-state index in [1.54, 1.807) is 13.1 Å². The Bertz CT molecular complexity index is 1340. The molecule has 0 bridgehead atoms. The second-order valence-corrected chi connectivity index (χ2v) is 7.83. The summed E-state index contributed by atoms with van der Waals surface area (Å²) < 4.78 is 0. The van der Waals surface area contributed by atoms with E-state index in [1.807, 2.05) is 60.7 Å². The normalized spacial score (nSPS) is 10.7. The summed E-state index contributed by atoms with van der Waals surface area (Å²) in [6, 6.07) is 20.9. The van der Waals surface area contributed by atoms with Crippen molar-refractivity contribution in [2.45, 2.75) is 12.8 Å². The van der Waals surface area contributed by atoms with Crippen LogP contribution in [0.25, 0.3) is 10.8 Å². The number of carbonyl (C=O) groups excluding carboxylic acids is 1. The average molecular weight is 461 g/mol. The molecule has 0 radical (unpaired) electrons. The van der Waals surface area contributed by atoms with Crippen LogP contribution in [0.1, 0.15) is 27.3 Å². The zero-order valence-corrected chi connectivity index (χ0v) is 18.6. The summed E-state index contributed by atoms with van der Waals surface area (Å²) in [6.45, 7) is 0. The molecule has 0 aliphatic heterocycles. The average Bonchev–Trinajstić information content (AvgIpc) is 2.81. The molecule has 0 spiro atoms. The highest BCUT2D eigenvalue weighted by molar-refractivity contribution is 6.30. The molecule has 166 valence electrons. The SMILES string of the molecule is CNc1nc(Cc2ccc(NC(=O)c3ccc4ccccc4c3)cc2)nc(Cl)c1CC(=O)O. The van der Waals surface area contributed by atoms with Gasteiger partial charge in [-0.25, -0.2) is 9.97 Å². The first kappa shape index (κ1) is 22.2. The van der Waals surface area contributed by atoms with E-state index in [0.717, 1.165) is 16.3 Å². The second kappa shape index (κ2) is 9.67. The largest absolute Gasteiger partial charge is 0.481 e. The topological polar surface area (TPSA) is 104 Å². The Hall–Kier alpha value is -3.97. The van der Waals surface area contributed by atoms with Crippen molar-refractivity contribution >= 4 is 45.8 Å². The third-order valence-electron chi connectivity index (χ3n) is 5.15. The third kappa shape index (κ3) is 5.27. The number of anilines is 2. The molecule has 4 aromatic rings. The number of nitrogens with one attached hydrogen (secondary N) is 2. The Labute approximate surface area is 195 Å². The fraction of sp³-hybridized carbons (Fsp3) is 0.120. The van der Waals surface area contributed by atoms with Gasteiger partial charge in [0.15, 0.2) is 0 Å². The molecule has 3 aromatic carbocycles. The number of nitrogens with zero attached hydrogens (tertiary/aromatic N) is 2. The number of rotatable bonds is 7. The van der Waals surface area contributed by atoms with Crippen molar-refractivity contribution in [2.24, 2.45) is 0 Å². The molecule has 0 saturated carbocycles. The molecular weight excluding hydrogens is 440 g/mol. The third-order valence-corrected chi connectivity index (χ3v) is 5.47. The number of hydrogen-bond donors (Lipinski definition) is 3. The first-order valence-corrected chi connectivity index (χ1v) is 10.6. The Balaban J connectivity index is 1.46. The molecule has 0 atom stereocenters. The lowest BCUT2D eigenvalue weighted by atomic mass is 10.1. The van der Waals surface area contributed by atoms with Crippen molar-refractivity contribution in [3.05, 3.63) is 94.4 Å². The van der Waals surface area contributed by atoms with Crippen molar-refractivity contribution in [2.75, 3.05) is 17.7 Å². The molecule has 0 fully saturated rings. The molecule has 1 amide bonds. The number of carbonyl (C=O) groups is 2. The summed E-state index contributed by atoms with van der Waals surface area (Å²) >= 11 is 6.20. The van der Waals surface area contributed by atoms with Gasteiger partial charge in [-0.3, -0.25) is 9.59 Å². The Kier molecular flexibility index (Phi) is 6.51. The van der Waals surface area contributed by atoms with Crippen molar-refractivity contribution in [1.29, 1.82) is 0 Å². The van der Waals surface area contributed by atoms with E-state index in [9.17, 15) is 9.59 Å². The van der Waals surface area contributed by atoms with Crippen LogP contribution < -0.4 is 10.6 Å². The fourth-order valence-corrected chi connectivity index (χ4v) is 3.77. The van der Waals surface area contributed by atoms with Crippen LogP contribution in [-0.4, -0.2) is 34.0 Å². The number of benzene rings is 3. The van der Waals surface area contributed by atoms with Crippen LogP contribution in [0.3, 0.4) is 0 Å². The van der Waals surface area contributed by atoms with Crippen molar-refractivity contribution in [3.8, 4) is 0 Å². The minimum absolute atomic E-state index is 0.117. The number of carboxylic acids is 1. The van der Waals surface area contributed by atoms with E-state index in [0.29, 0.717) is 34.9 Å². The lowest BCUT2D eigenvalue weighted by Gasteiger charge is -2.11. The zero-order chi connectivity index (χ0) is 23.4. The summed E-state index contributed by atoms with van der Waals surface area (Å²) in [5, 5.41) is 17.0. The molecule has 0 aliphatic carbocycles. The molecule has 0 aliphatic rings. The van der Waals surface area contributed by atoms with E-state index in [1.165, 1.54) is 0 Å². The molecule has 0 saturated heterocycles. The summed E-state index contributed by atoms with van der Waals surface area (Å²) in [5.41, 5.74) is 2.52. The van der Waals surface area contributed by atoms with Crippen LogP contribution in [0.15, 0.2) is 66.7 Å². The maximum atomic E-state index is 12.7. The van der Waals surface area contributed by atoms with Crippen LogP contribution >= 0.6 is 11.6 Å². The number of hydrogen-bond acceptors (Lipinski definition) is 5. The van der Waals surface area contributed by atoms with Gasteiger partial charge in [0.2, 0.25) is 0 Å². The predicted molar refractivity (Wildman–Crippen MR) is 129 cm³/mol. The maximum Gasteiger partial charge on any atom is 0.308 e. The molecule has 7 nitrogen and oxygen atoms in total. The lowest BCUT2D eigenvalue weighted by Crippen LogP contribution is -2.12. The fourth-order valence-electron chi connectivity index (χ4n) is 3.52. The first-order valence-electron chi connectivity index (χ1n) is 10.3. The summed E-state index contributed by atoms with van der Waals surface area (Å²) in [7, 11) is 1.65. The molecular formula is C25H21ClN4O3. The van der Waals surface area contributed by atoms with Gasteiger partial charge in [-0.1, -0.05) is 54.1 Å². The predicted octanol–water partition coefficient (Wildman–Crippen LogP) is 4.80. The van der Waals surface area contributed by atoms with Crippen molar-refractivity contribution in [1.82, 2.24) is 9.97 Å². The van der Waals surface area contributed by atoms with Crippen LogP contribution in [0.2, 0.25) is 5.15 Å². The number of halogens is 1. The molecule has 0 unspecified atom stereocenters. The van der Waals surface area contributed by atoms with Crippen LogP contribution in [-0.2, 0) is 17.6 Å². The van der Waals surface area contributed by atoms with Crippen molar-refractivity contribution in [3.63, 3.8) is 0 Å². The second-order valence-electron chi connectivity index (χ2n) is 7.47. The molecule has 4 rings (SSSR count). The highest BCUT2D eigenvalue weighted by atomic mass is 35.5. The number of amides is 1.